The molecule has 0 nitrogen and oxygen atoms in total. The summed E-state index contributed by atoms with van der Waals surface area (Å²) in [5.41, 5.74) is 0. The van der Waals surface area contributed by atoms with Gasteiger partial charge in [-0.1, -0.05) is 0 Å². The van der Waals surface area contributed by atoms with Gasteiger partial charge in [0.2, 0.25) is 0 Å². The molecule has 0 spiro atoms. The SMILES string of the molecule is Cl.Cl.F.[H-].[H-].[K+].[Li+]. The van der Waals surface area contributed by atoms with Crippen LogP contribution in [0.25, 0.3) is 0 Å². The molecular weight excluding hydrogens is 136 g/mol. The summed E-state index contributed by atoms with van der Waals surface area (Å²) in [7, 11) is 0. The minimum atomic E-state index is 0. The zero-order valence-corrected chi connectivity index (χ0v) is 7.98. The third-order valence-electron chi connectivity index (χ3n) is 0. The van der Waals surface area contributed by atoms with Gasteiger partial charge in [-0.3, -0.25) is 4.70 Å². The van der Waals surface area contributed by atoms with Crippen molar-refractivity contribution in [1.82, 2.24) is 0 Å². The molecule has 0 aliphatic carbocycles. The van der Waals surface area contributed by atoms with Gasteiger partial charge in [0.15, 0.2) is 0 Å². The van der Waals surface area contributed by atoms with Gasteiger partial charge in [0, 0.05) is 0 Å². The summed E-state index contributed by atoms with van der Waals surface area (Å²) in [6.07, 6.45) is 0. The van der Waals surface area contributed by atoms with Gasteiger partial charge in [-0.2, -0.15) is 0 Å². The van der Waals surface area contributed by atoms with E-state index in [2.05, 4.69) is 0 Å². The molecule has 0 aromatic heterocycles. The number of rotatable bonds is 0. The van der Waals surface area contributed by atoms with Crippen LogP contribution in [-0.4, -0.2) is 0 Å². The van der Waals surface area contributed by atoms with E-state index >= 15 is 0 Å². The maximum atomic E-state index is 0. The van der Waals surface area contributed by atoms with E-state index in [9.17, 15) is 0 Å². The summed E-state index contributed by atoms with van der Waals surface area (Å²) in [5, 5.41) is 0. The van der Waals surface area contributed by atoms with E-state index in [1.165, 1.54) is 0 Å². The first-order valence-corrected chi connectivity index (χ1v) is 0. The van der Waals surface area contributed by atoms with Gasteiger partial charge in [0.1, 0.15) is 0 Å². The molecule has 0 heterocycles. The predicted molar refractivity (Wildman–Crippen MR) is 19.2 cm³/mol. The van der Waals surface area contributed by atoms with E-state index < -0.39 is 0 Å². The zero-order valence-electron chi connectivity index (χ0n) is 5.22. The molecule has 0 rings (SSSR count). The minimum Gasteiger partial charge on any atom is -1.00 e. The van der Waals surface area contributed by atoms with Gasteiger partial charge in [-0.05, 0) is 0 Å². The molecule has 0 aliphatic heterocycles. The monoisotopic (exact) mass is 140 g/mol. The Morgan fingerprint density at radius 2 is 1.00 bits per heavy atom. The van der Waals surface area contributed by atoms with Crippen LogP contribution in [0.15, 0.2) is 0 Å². The van der Waals surface area contributed by atoms with Crippen molar-refractivity contribution in [3.05, 3.63) is 0 Å². The predicted octanol–water partition coefficient (Wildman–Crippen LogP) is -4.77. The first-order chi connectivity index (χ1) is 0. The molecular formula is H5Cl2FKLi. The Kier molecular flexibility index (Phi) is 276. The van der Waals surface area contributed by atoms with Crippen LogP contribution in [-0.2, 0) is 0 Å². The summed E-state index contributed by atoms with van der Waals surface area (Å²) in [4.78, 5) is 0. The van der Waals surface area contributed by atoms with Gasteiger partial charge in [-0.15, -0.1) is 24.8 Å². The van der Waals surface area contributed by atoms with Crippen molar-refractivity contribution in [2.75, 3.05) is 0 Å². The van der Waals surface area contributed by atoms with E-state index in [-0.39, 0.29) is 103 Å². The van der Waals surface area contributed by atoms with Gasteiger partial charge < -0.3 is 2.85 Å². The summed E-state index contributed by atoms with van der Waals surface area (Å²) in [6, 6.07) is 0. The van der Waals surface area contributed by atoms with Gasteiger partial charge >= 0.3 is 70.2 Å². The van der Waals surface area contributed by atoms with Crippen molar-refractivity contribution < 1.29 is 77.8 Å². The standard InChI is InChI=1S/2ClH.FH.K.Li.2H/h3*1H;;;;/q;;;2*+1;2*-1. The third kappa shape index (κ3) is 20.2. The van der Waals surface area contributed by atoms with E-state index in [4.69, 9.17) is 0 Å². The Labute approximate surface area is 101 Å². The van der Waals surface area contributed by atoms with Crippen molar-refractivity contribution >= 4 is 24.8 Å². The molecule has 0 aromatic carbocycles. The van der Waals surface area contributed by atoms with Crippen LogP contribution < -0.4 is 70.2 Å². The smallest absolute Gasteiger partial charge is 1.00 e. The van der Waals surface area contributed by atoms with Crippen LogP contribution in [0.3, 0.4) is 0 Å². The van der Waals surface area contributed by atoms with Crippen LogP contribution in [0.2, 0.25) is 0 Å². The molecule has 0 unspecified atom stereocenters. The molecule has 0 fully saturated rings. The fourth-order valence-electron chi connectivity index (χ4n) is 0. The van der Waals surface area contributed by atoms with Crippen LogP contribution >= 0.6 is 24.8 Å². The van der Waals surface area contributed by atoms with Crippen molar-refractivity contribution in [2.45, 2.75) is 0 Å². The normalized spacial score (nSPS) is 0. The van der Waals surface area contributed by atoms with Gasteiger partial charge in [0.05, 0.1) is 0 Å². The molecule has 5 heavy (non-hydrogen) atoms. The number of halogens is 3. The topological polar surface area (TPSA) is 0 Å². The Morgan fingerprint density at radius 3 is 1.00 bits per heavy atom. The molecule has 0 atom stereocenters. The summed E-state index contributed by atoms with van der Waals surface area (Å²) >= 11 is 0. The summed E-state index contributed by atoms with van der Waals surface area (Å²) in [6.45, 7) is 0. The fraction of sp³-hybridized carbons (Fsp3) is 0. The minimum absolute atomic E-state index is 0. The van der Waals surface area contributed by atoms with E-state index in [1.54, 1.807) is 0 Å². The van der Waals surface area contributed by atoms with Crippen LogP contribution in [0.5, 0.6) is 0 Å². The molecule has 0 radical (unpaired) electrons. The van der Waals surface area contributed by atoms with Gasteiger partial charge in [-0.25, -0.2) is 0 Å². The van der Waals surface area contributed by atoms with Crippen molar-refractivity contribution in [2.24, 2.45) is 0 Å². The number of hydrogen-bond acceptors (Lipinski definition) is 0. The first kappa shape index (κ1) is 46.8. The third-order valence-corrected chi connectivity index (χ3v) is 0. The van der Waals surface area contributed by atoms with E-state index in [1.807, 2.05) is 0 Å². The average molecular weight is 141 g/mol. The molecule has 5 heteroatoms. The molecule has 0 aromatic rings. The quantitative estimate of drug-likeness (QED) is 0.297. The van der Waals surface area contributed by atoms with Crippen LogP contribution in [0.4, 0.5) is 4.70 Å². The second kappa shape index (κ2) is 29.6. The summed E-state index contributed by atoms with van der Waals surface area (Å²) < 4.78 is 0. The van der Waals surface area contributed by atoms with Crippen molar-refractivity contribution in [3.63, 3.8) is 0 Å². The second-order valence-electron chi connectivity index (χ2n) is 0. The number of hydrogen-bond donors (Lipinski definition) is 0. The molecule has 0 aliphatic rings. The fourth-order valence-corrected chi connectivity index (χ4v) is 0. The summed E-state index contributed by atoms with van der Waals surface area (Å²) in [5.74, 6) is 0. The van der Waals surface area contributed by atoms with Crippen LogP contribution in [0.1, 0.15) is 2.85 Å². The molecule has 0 bridgehead atoms. The van der Waals surface area contributed by atoms with Crippen molar-refractivity contribution in [1.29, 1.82) is 0 Å². The Hall–Kier alpha value is 2.74. The van der Waals surface area contributed by atoms with Gasteiger partial charge in [0.25, 0.3) is 0 Å². The molecule has 0 saturated heterocycles. The van der Waals surface area contributed by atoms with E-state index in [0.29, 0.717) is 0 Å². The second-order valence-corrected chi connectivity index (χ2v) is 0. The Bertz CT molecular complexity index is 15.7. The average Bonchev–Trinajstić information content (AvgIpc) is 0. The molecule has 0 saturated carbocycles. The Morgan fingerprint density at radius 1 is 1.00 bits per heavy atom. The van der Waals surface area contributed by atoms with Crippen molar-refractivity contribution in [3.8, 4) is 0 Å². The maximum absolute atomic E-state index is 0. The van der Waals surface area contributed by atoms with Crippen LogP contribution in [0, 0.1) is 0 Å². The largest absolute Gasteiger partial charge is 1.00 e. The zero-order chi connectivity index (χ0) is 0. The molecule has 0 N–H and O–H groups in total. The van der Waals surface area contributed by atoms with E-state index in [0.717, 1.165) is 0 Å². The Balaban J connectivity index is 0. The maximum Gasteiger partial charge on any atom is 1.00 e. The molecule has 28 valence electrons. The first-order valence-electron chi connectivity index (χ1n) is 0. The molecule has 0 amide bonds.